The molecule has 0 spiro atoms. The lowest BCUT2D eigenvalue weighted by molar-refractivity contribution is -0.118. The molecule has 4 nitrogen and oxygen atoms in total. The normalized spacial score (nSPS) is 14.6. The van der Waals surface area contributed by atoms with Crippen LogP contribution >= 0.6 is 0 Å². The van der Waals surface area contributed by atoms with Gasteiger partial charge in [-0.15, -0.1) is 0 Å². The molecule has 1 heterocycles. The molecule has 0 bridgehead atoms. The number of aryl methyl sites for hydroxylation is 1. The SMILES string of the molecule is CCc1cccc(OCC(=O)Nc2ccc(N3CCCCCC3)cc2)c1. The summed E-state index contributed by atoms with van der Waals surface area (Å²) in [5.41, 5.74) is 3.24. The molecule has 3 rings (SSSR count). The topological polar surface area (TPSA) is 41.6 Å². The molecule has 0 unspecified atom stereocenters. The Labute approximate surface area is 156 Å². The van der Waals surface area contributed by atoms with E-state index in [1.165, 1.54) is 36.9 Å². The molecule has 1 amide bonds. The minimum absolute atomic E-state index is 0.0149. The molecular formula is C22H28N2O2. The van der Waals surface area contributed by atoms with Crippen LogP contribution in [0.25, 0.3) is 0 Å². The minimum atomic E-state index is -0.144. The van der Waals surface area contributed by atoms with Gasteiger partial charge in [0.2, 0.25) is 0 Å². The van der Waals surface area contributed by atoms with E-state index in [1.54, 1.807) is 0 Å². The second kappa shape index (κ2) is 9.27. The maximum absolute atomic E-state index is 12.1. The largest absolute Gasteiger partial charge is 0.484 e. The van der Waals surface area contributed by atoms with Crippen molar-refractivity contribution in [3.8, 4) is 5.75 Å². The Kier molecular flexibility index (Phi) is 6.53. The van der Waals surface area contributed by atoms with Gasteiger partial charge in [0.15, 0.2) is 6.61 Å². The Morgan fingerprint density at radius 1 is 1.04 bits per heavy atom. The quantitative estimate of drug-likeness (QED) is 0.823. The van der Waals surface area contributed by atoms with Gasteiger partial charge in [0.25, 0.3) is 5.91 Å². The van der Waals surface area contributed by atoms with Crippen LogP contribution in [0.5, 0.6) is 5.75 Å². The molecule has 0 aliphatic carbocycles. The first-order chi connectivity index (χ1) is 12.7. The number of carbonyl (C=O) groups is 1. The summed E-state index contributed by atoms with van der Waals surface area (Å²) >= 11 is 0. The Morgan fingerprint density at radius 2 is 1.77 bits per heavy atom. The molecular weight excluding hydrogens is 324 g/mol. The summed E-state index contributed by atoms with van der Waals surface area (Å²) in [5.74, 6) is 0.588. The molecule has 2 aromatic rings. The van der Waals surface area contributed by atoms with Gasteiger partial charge in [0, 0.05) is 24.5 Å². The van der Waals surface area contributed by atoms with Crippen LogP contribution in [0.3, 0.4) is 0 Å². The van der Waals surface area contributed by atoms with Crippen molar-refractivity contribution in [1.82, 2.24) is 0 Å². The number of carbonyl (C=O) groups excluding carboxylic acids is 1. The van der Waals surface area contributed by atoms with Crippen LogP contribution in [0.2, 0.25) is 0 Å². The van der Waals surface area contributed by atoms with E-state index >= 15 is 0 Å². The summed E-state index contributed by atoms with van der Waals surface area (Å²) in [4.78, 5) is 14.6. The Balaban J connectivity index is 1.50. The van der Waals surface area contributed by atoms with E-state index in [-0.39, 0.29) is 12.5 Å². The fourth-order valence-electron chi connectivity index (χ4n) is 3.29. The van der Waals surface area contributed by atoms with E-state index in [0.717, 1.165) is 30.9 Å². The highest BCUT2D eigenvalue weighted by Gasteiger charge is 2.10. The fraction of sp³-hybridized carbons (Fsp3) is 0.409. The minimum Gasteiger partial charge on any atom is -0.484 e. The van der Waals surface area contributed by atoms with E-state index < -0.39 is 0 Å². The van der Waals surface area contributed by atoms with Crippen LogP contribution in [0.4, 0.5) is 11.4 Å². The molecule has 0 radical (unpaired) electrons. The van der Waals surface area contributed by atoms with Crippen molar-refractivity contribution < 1.29 is 9.53 Å². The molecule has 1 aliphatic heterocycles. The van der Waals surface area contributed by atoms with Gasteiger partial charge in [-0.25, -0.2) is 0 Å². The lowest BCUT2D eigenvalue weighted by atomic mass is 10.2. The standard InChI is InChI=1S/C22H28N2O2/c1-2-18-8-7-9-21(16-18)26-17-22(25)23-19-10-12-20(13-11-19)24-14-5-3-4-6-15-24/h7-13,16H,2-6,14-15,17H2,1H3,(H,23,25). The molecule has 0 aromatic heterocycles. The van der Waals surface area contributed by atoms with Gasteiger partial charge in [-0.3, -0.25) is 4.79 Å². The third-order valence-electron chi connectivity index (χ3n) is 4.80. The highest BCUT2D eigenvalue weighted by Crippen LogP contribution is 2.21. The van der Waals surface area contributed by atoms with E-state index in [9.17, 15) is 4.79 Å². The van der Waals surface area contributed by atoms with Gasteiger partial charge in [-0.05, 0) is 61.2 Å². The molecule has 0 atom stereocenters. The number of nitrogens with one attached hydrogen (secondary N) is 1. The average Bonchev–Trinajstić information content (AvgIpc) is 2.97. The first-order valence-corrected chi connectivity index (χ1v) is 9.61. The molecule has 4 heteroatoms. The summed E-state index contributed by atoms with van der Waals surface area (Å²) < 4.78 is 5.60. The lowest BCUT2D eigenvalue weighted by Gasteiger charge is -2.22. The number of benzene rings is 2. The Hall–Kier alpha value is -2.49. The smallest absolute Gasteiger partial charge is 0.262 e. The van der Waals surface area contributed by atoms with E-state index in [1.807, 2.05) is 30.3 Å². The molecule has 1 saturated heterocycles. The van der Waals surface area contributed by atoms with E-state index in [0.29, 0.717) is 0 Å². The Morgan fingerprint density at radius 3 is 2.46 bits per heavy atom. The summed E-state index contributed by atoms with van der Waals surface area (Å²) in [6.45, 7) is 4.36. The zero-order valence-corrected chi connectivity index (χ0v) is 15.5. The van der Waals surface area contributed by atoms with Gasteiger partial charge in [0.05, 0.1) is 0 Å². The second-order valence-corrected chi connectivity index (χ2v) is 6.79. The number of rotatable bonds is 6. The maximum atomic E-state index is 12.1. The van der Waals surface area contributed by atoms with Gasteiger partial charge in [0.1, 0.15) is 5.75 Å². The number of hydrogen-bond donors (Lipinski definition) is 1. The predicted octanol–water partition coefficient (Wildman–Crippen LogP) is 4.65. The zero-order valence-electron chi connectivity index (χ0n) is 15.5. The number of hydrogen-bond acceptors (Lipinski definition) is 3. The number of ether oxygens (including phenoxy) is 1. The van der Waals surface area contributed by atoms with Crippen molar-refractivity contribution >= 4 is 17.3 Å². The summed E-state index contributed by atoms with van der Waals surface area (Å²) in [7, 11) is 0. The monoisotopic (exact) mass is 352 g/mol. The van der Waals surface area contributed by atoms with Crippen molar-refractivity contribution in [1.29, 1.82) is 0 Å². The maximum Gasteiger partial charge on any atom is 0.262 e. The van der Waals surface area contributed by atoms with Crippen molar-refractivity contribution in [3.63, 3.8) is 0 Å². The van der Waals surface area contributed by atoms with Crippen molar-refractivity contribution in [2.24, 2.45) is 0 Å². The van der Waals surface area contributed by atoms with E-state index in [4.69, 9.17) is 4.74 Å². The van der Waals surface area contributed by atoms with Crippen LogP contribution in [0.15, 0.2) is 48.5 Å². The van der Waals surface area contributed by atoms with E-state index in [2.05, 4.69) is 35.3 Å². The third-order valence-corrected chi connectivity index (χ3v) is 4.80. The number of amides is 1. The molecule has 1 aliphatic rings. The van der Waals surface area contributed by atoms with Crippen LogP contribution < -0.4 is 15.0 Å². The van der Waals surface area contributed by atoms with Crippen molar-refractivity contribution in [3.05, 3.63) is 54.1 Å². The lowest BCUT2D eigenvalue weighted by Crippen LogP contribution is -2.24. The van der Waals surface area contributed by atoms with Crippen LogP contribution in [-0.2, 0) is 11.2 Å². The highest BCUT2D eigenvalue weighted by atomic mass is 16.5. The van der Waals surface area contributed by atoms with Crippen molar-refractivity contribution in [2.45, 2.75) is 39.0 Å². The fourth-order valence-corrected chi connectivity index (χ4v) is 3.29. The number of anilines is 2. The van der Waals surface area contributed by atoms with Crippen LogP contribution in [0.1, 0.15) is 38.2 Å². The second-order valence-electron chi connectivity index (χ2n) is 6.79. The highest BCUT2D eigenvalue weighted by molar-refractivity contribution is 5.92. The van der Waals surface area contributed by atoms with Crippen LogP contribution in [0, 0.1) is 0 Å². The van der Waals surface area contributed by atoms with Crippen molar-refractivity contribution in [2.75, 3.05) is 29.9 Å². The van der Waals surface area contributed by atoms with Gasteiger partial charge >= 0.3 is 0 Å². The molecule has 26 heavy (non-hydrogen) atoms. The summed E-state index contributed by atoms with van der Waals surface area (Å²) in [6, 6.07) is 16.0. The summed E-state index contributed by atoms with van der Waals surface area (Å²) in [5, 5.41) is 2.90. The first kappa shape index (κ1) is 18.3. The average molecular weight is 352 g/mol. The predicted molar refractivity (Wildman–Crippen MR) is 107 cm³/mol. The first-order valence-electron chi connectivity index (χ1n) is 9.61. The molecule has 2 aromatic carbocycles. The molecule has 1 N–H and O–H groups in total. The summed E-state index contributed by atoms with van der Waals surface area (Å²) in [6.07, 6.45) is 6.12. The number of nitrogens with zero attached hydrogens (tertiary/aromatic N) is 1. The Bertz CT molecular complexity index is 704. The molecule has 138 valence electrons. The van der Waals surface area contributed by atoms with Gasteiger partial charge < -0.3 is 15.0 Å². The van der Waals surface area contributed by atoms with Gasteiger partial charge in [-0.2, -0.15) is 0 Å². The van der Waals surface area contributed by atoms with Gasteiger partial charge in [-0.1, -0.05) is 31.9 Å². The zero-order chi connectivity index (χ0) is 18.2. The third kappa shape index (κ3) is 5.25. The molecule has 1 fully saturated rings. The van der Waals surface area contributed by atoms with Crippen LogP contribution in [-0.4, -0.2) is 25.6 Å². The molecule has 0 saturated carbocycles.